The molecule has 0 unspecified atom stereocenters. The highest BCUT2D eigenvalue weighted by atomic mass is 16.1. The van der Waals surface area contributed by atoms with Crippen LogP contribution in [0.4, 0.5) is 0 Å². The number of aromatic nitrogens is 2. The summed E-state index contributed by atoms with van der Waals surface area (Å²) in [6.07, 6.45) is 2.37. The number of nitrogens with zero attached hydrogens (tertiary/aromatic N) is 2. The van der Waals surface area contributed by atoms with E-state index in [1.807, 2.05) is 4.57 Å². The molecule has 0 spiro atoms. The lowest BCUT2D eigenvalue weighted by Gasteiger charge is -2.34. The Morgan fingerprint density at radius 2 is 2.00 bits per heavy atom. The van der Waals surface area contributed by atoms with Crippen LogP contribution >= 0.6 is 0 Å². The molecule has 3 rings (SSSR count). The van der Waals surface area contributed by atoms with Crippen LogP contribution in [-0.4, -0.2) is 33.6 Å². The Kier molecular flexibility index (Phi) is 3.89. The second kappa shape index (κ2) is 5.68. The number of rotatable bonds is 3. The number of likely N-dealkylation sites (tertiary alicyclic amines) is 1. The molecule has 0 amide bonds. The Hall–Kier alpha value is -1.55. The molecule has 1 aliphatic rings. The second-order valence-corrected chi connectivity index (χ2v) is 6.63. The number of benzene rings is 1. The Balaban J connectivity index is 1.77. The van der Waals surface area contributed by atoms with Crippen LogP contribution in [0.2, 0.25) is 0 Å². The van der Waals surface area contributed by atoms with Gasteiger partial charge in [-0.05, 0) is 70.3 Å². The number of imidazole rings is 1. The average Bonchev–Trinajstić information content (AvgIpc) is 2.75. The Labute approximate surface area is 125 Å². The molecule has 1 aliphatic heterocycles. The first-order valence-electron chi connectivity index (χ1n) is 7.98. The van der Waals surface area contributed by atoms with Crippen molar-refractivity contribution in [3.8, 4) is 0 Å². The molecule has 114 valence electrons. The fourth-order valence-corrected chi connectivity index (χ4v) is 3.37. The van der Waals surface area contributed by atoms with Crippen LogP contribution in [0.15, 0.2) is 23.0 Å². The lowest BCUT2D eigenvalue weighted by Crippen LogP contribution is -2.39. The molecule has 4 heteroatoms. The monoisotopic (exact) mass is 287 g/mol. The van der Waals surface area contributed by atoms with Crippen LogP contribution in [-0.2, 0) is 6.54 Å². The molecule has 2 aromatic rings. The molecule has 0 atom stereocenters. The van der Waals surface area contributed by atoms with Gasteiger partial charge >= 0.3 is 5.69 Å². The minimum absolute atomic E-state index is 0.0295. The predicted molar refractivity (Wildman–Crippen MR) is 86.7 cm³/mol. The van der Waals surface area contributed by atoms with Crippen molar-refractivity contribution in [3.05, 3.63) is 34.2 Å². The van der Waals surface area contributed by atoms with E-state index in [9.17, 15) is 4.79 Å². The molecule has 0 radical (unpaired) electrons. The van der Waals surface area contributed by atoms with Crippen molar-refractivity contribution in [1.82, 2.24) is 14.5 Å². The molecule has 1 fully saturated rings. The summed E-state index contributed by atoms with van der Waals surface area (Å²) in [6.45, 7) is 9.71. The highest BCUT2D eigenvalue weighted by Crippen LogP contribution is 2.22. The summed E-state index contributed by atoms with van der Waals surface area (Å²) in [6, 6.07) is 6.82. The van der Waals surface area contributed by atoms with Gasteiger partial charge in [-0.25, -0.2) is 4.79 Å². The SMILES string of the molecule is Cc1ccc2c(c1)[nH]c(=O)n2CC1CCN(C(C)C)CC1. The number of piperidine rings is 1. The highest BCUT2D eigenvalue weighted by molar-refractivity contribution is 5.75. The predicted octanol–water partition coefficient (Wildman–Crippen LogP) is 2.76. The number of fused-ring (bicyclic) bond motifs is 1. The maximum absolute atomic E-state index is 12.2. The number of H-pyrrole nitrogens is 1. The molecule has 4 nitrogen and oxygen atoms in total. The molecule has 21 heavy (non-hydrogen) atoms. The molecular formula is C17H25N3O. The van der Waals surface area contributed by atoms with Crippen LogP contribution < -0.4 is 5.69 Å². The highest BCUT2D eigenvalue weighted by Gasteiger charge is 2.22. The van der Waals surface area contributed by atoms with E-state index < -0.39 is 0 Å². The van der Waals surface area contributed by atoms with Gasteiger partial charge in [-0.3, -0.25) is 4.57 Å². The van der Waals surface area contributed by atoms with Gasteiger partial charge in [0.2, 0.25) is 0 Å². The van der Waals surface area contributed by atoms with Gasteiger partial charge in [0.05, 0.1) is 11.0 Å². The van der Waals surface area contributed by atoms with E-state index >= 15 is 0 Å². The topological polar surface area (TPSA) is 41.0 Å². The van der Waals surface area contributed by atoms with Crippen molar-refractivity contribution >= 4 is 11.0 Å². The quantitative estimate of drug-likeness (QED) is 0.943. The number of hydrogen-bond acceptors (Lipinski definition) is 2. The van der Waals surface area contributed by atoms with Gasteiger partial charge in [0.1, 0.15) is 0 Å². The van der Waals surface area contributed by atoms with Crippen LogP contribution in [0.3, 0.4) is 0 Å². The summed E-state index contributed by atoms with van der Waals surface area (Å²) < 4.78 is 1.92. The van der Waals surface area contributed by atoms with Crippen molar-refractivity contribution in [2.75, 3.05) is 13.1 Å². The minimum Gasteiger partial charge on any atom is -0.306 e. The van der Waals surface area contributed by atoms with Gasteiger partial charge in [0.15, 0.2) is 0 Å². The fraction of sp³-hybridized carbons (Fsp3) is 0.588. The summed E-state index contributed by atoms with van der Waals surface area (Å²) in [5.74, 6) is 0.609. The number of aromatic amines is 1. The summed E-state index contributed by atoms with van der Waals surface area (Å²) in [7, 11) is 0. The molecule has 1 N–H and O–H groups in total. The molecule has 1 aromatic heterocycles. The van der Waals surface area contributed by atoms with Crippen LogP contribution in [0, 0.1) is 12.8 Å². The van der Waals surface area contributed by atoms with E-state index in [-0.39, 0.29) is 5.69 Å². The molecule has 0 aliphatic carbocycles. The van der Waals surface area contributed by atoms with Gasteiger partial charge in [0, 0.05) is 12.6 Å². The van der Waals surface area contributed by atoms with Crippen molar-refractivity contribution in [3.63, 3.8) is 0 Å². The number of nitrogens with one attached hydrogen (secondary N) is 1. The number of hydrogen-bond donors (Lipinski definition) is 1. The van der Waals surface area contributed by atoms with E-state index in [1.165, 1.54) is 18.4 Å². The first kappa shape index (κ1) is 14.4. The number of aryl methyl sites for hydroxylation is 1. The van der Waals surface area contributed by atoms with Gasteiger partial charge in [-0.15, -0.1) is 0 Å². The molecule has 1 saturated heterocycles. The first-order valence-corrected chi connectivity index (χ1v) is 7.98. The van der Waals surface area contributed by atoms with Gasteiger partial charge < -0.3 is 9.88 Å². The van der Waals surface area contributed by atoms with Gasteiger partial charge in [-0.2, -0.15) is 0 Å². The van der Waals surface area contributed by atoms with E-state index in [1.54, 1.807) is 0 Å². The smallest absolute Gasteiger partial charge is 0.306 e. The summed E-state index contributed by atoms with van der Waals surface area (Å²) in [5.41, 5.74) is 3.21. The molecule has 0 bridgehead atoms. The largest absolute Gasteiger partial charge is 0.326 e. The maximum Gasteiger partial charge on any atom is 0.326 e. The van der Waals surface area contributed by atoms with E-state index in [0.717, 1.165) is 30.7 Å². The zero-order valence-electron chi connectivity index (χ0n) is 13.2. The van der Waals surface area contributed by atoms with Crippen molar-refractivity contribution in [2.24, 2.45) is 5.92 Å². The summed E-state index contributed by atoms with van der Waals surface area (Å²) in [4.78, 5) is 17.7. The van der Waals surface area contributed by atoms with Crippen LogP contribution in [0.1, 0.15) is 32.3 Å². The second-order valence-electron chi connectivity index (χ2n) is 6.63. The first-order chi connectivity index (χ1) is 10.0. The van der Waals surface area contributed by atoms with Gasteiger partial charge in [-0.1, -0.05) is 6.07 Å². The lowest BCUT2D eigenvalue weighted by molar-refractivity contribution is 0.142. The summed E-state index contributed by atoms with van der Waals surface area (Å²) >= 11 is 0. The van der Waals surface area contributed by atoms with Crippen LogP contribution in [0.5, 0.6) is 0 Å². The van der Waals surface area contributed by atoms with Crippen molar-refractivity contribution < 1.29 is 0 Å². The molecular weight excluding hydrogens is 262 g/mol. The Morgan fingerprint density at radius 3 is 2.67 bits per heavy atom. The maximum atomic E-state index is 12.2. The van der Waals surface area contributed by atoms with E-state index in [2.05, 4.69) is 48.9 Å². The third-order valence-electron chi connectivity index (χ3n) is 4.75. The normalized spacial score (nSPS) is 17.9. The zero-order valence-corrected chi connectivity index (χ0v) is 13.2. The Bertz CT molecular complexity index is 675. The average molecular weight is 287 g/mol. The molecule has 0 saturated carbocycles. The van der Waals surface area contributed by atoms with Crippen molar-refractivity contribution in [2.45, 2.75) is 46.2 Å². The standard InChI is InChI=1S/C17H25N3O/c1-12(2)19-8-6-14(7-9-19)11-20-16-5-4-13(3)10-15(16)18-17(20)21/h4-5,10,12,14H,6-9,11H2,1-3H3,(H,18,21). The molecule has 2 heterocycles. The van der Waals surface area contributed by atoms with Crippen molar-refractivity contribution in [1.29, 1.82) is 0 Å². The summed E-state index contributed by atoms with van der Waals surface area (Å²) in [5, 5.41) is 0. The third-order valence-corrected chi connectivity index (χ3v) is 4.75. The third kappa shape index (κ3) is 2.91. The van der Waals surface area contributed by atoms with Gasteiger partial charge in [0.25, 0.3) is 0 Å². The van der Waals surface area contributed by atoms with E-state index in [4.69, 9.17) is 0 Å². The Morgan fingerprint density at radius 1 is 1.29 bits per heavy atom. The van der Waals surface area contributed by atoms with E-state index in [0.29, 0.717) is 12.0 Å². The fourth-order valence-electron chi connectivity index (χ4n) is 3.37. The lowest BCUT2D eigenvalue weighted by atomic mass is 9.96. The van der Waals surface area contributed by atoms with Crippen LogP contribution in [0.25, 0.3) is 11.0 Å². The molecule has 1 aromatic carbocycles. The minimum atomic E-state index is 0.0295. The zero-order chi connectivity index (χ0) is 15.0.